The molecule has 100 valence electrons. The molecule has 0 spiro atoms. The van der Waals surface area contributed by atoms with Crippen molar-refractivity contribution in [1.82, 2.24) is 9.55 Å². The van der Waals surface area contributed by atoms with E-state index in [1.54, 1.807) is 0 Å². The van der Waals surface area contributed by atoms with Crippen molar-refractivity contribution in [3.05, 3.63) is 42.5 Å². The molecule has 0 atom stereocenters. The summed E-state index contributed by atoms with van der Waals surface area (Å²) in [6.45, 7) is 3.03. The van der Waals surface area contributed by atoms with Crippen LogP contribution in [0, 0.1) is 0 Å². The summed E-state index contributed by atoms with van der Waals surface area (Å²) in [6.07, 6.45) is 6.53. The molecule has 1 fully saturated rings. The number of hydrogen-bond acceptors (Lipinski definition) is 3. The molecule has 2 aromatic rings. The Kier molecular flexibility index (Phi) is 3.78. The van der Waals surface area contributed by atoms with Crippen LogP contribution < -0.4 is 5.32 Å². The van der Waals surface area contributed by atoms with E-state index in [9.17, 15) is 0 Å². The average Bonchev–Trinajstić information content (AvgIpc) is 3.17. The van der Waals surface area contributed by atoms with Gasteiger partial charge >= 0.3 is 0 Å². The quantitative estimate of drug-likeness (QED) is 0.808. The number of imidazole rings is 1. The first-order valence-corrected chi connectivity index (χ1v) is 7.83. The summed E-state index contributed by atoms with van der Waals surface area (Å²) in [7, 11) is 0. The molecule has 19 heavy (non-hydrogen) atoms. The van der Waals surface area contributed by atoms with Gasteiger partial charge in [-0.1, -0.05) is 19.1 Å². The third kappa shape index (κ3) is 2.95. The van der Waals surface area contributed by atoms with Crippen LogP contribution in [-0.4, -0.2) is 15.3 Å². The highest BCUT2D eigenvalue weighted by molar-refractivity contribution is 7.99. The topological polar surface area (TPSA) is 29.9 Å². The largest absolute Gasteiger partial charge is 0.379 e. The van der Waals surface area contributed by atoms with Crippen LogP contribution in [-0.2, 0) is 6.54 Å². The molecule has 1 aromatic heterocycles. The third-order valence-electron chi connectivity index (χ3n) is 3.33. The minimum absolute atomic E-state index is 0.694. The van der Waals surface area contributed by atoms with Crippen molar-refractivity contribution >= 4 is 17.4 Å². The van der Waals surface area contributed by atoms with Crippen molar-refractivity contribution in [2.24, 2.45) is 0 Å². The number of benzene rings is 1. The van der Waals surface area contributed by atoms with Gasteiger partial charge in [-0.05, 0) is 30.7 Å². The predicted octanol–water partition coefficient (Wildman–Crippen LogP) is 3.94. The Morgan fingerprint density at radius 2 is 2.21 bits per heavy atom. The number of nitrogens with zero attached hydrogens (tertiary/aromatic N) is 2. The molecular weight excluding hydrogens is 254 g/mol. The second kappa shape index (κ2) is 5.70. The molecule has 0 radical (unpaired) electrons. The van der Waals surface area contributed by atoms with Crippen molar-refractivity contribution in [3.63, 3.8) is 0 Å². The normalized spacial score (nSPS) is 14.6. The van der Waals surface area contributed by atoms with Crippen LogP contribution in [0.5, 0.6) is 0 Å². The first-order valence-electron chi connectivity index (χ1n) is 6.85. The molecule has 0 bridgehead atoms. The van der Waals surface area contributed by atoms with Crippen LogP contribution in [0.25, 0.3) is 0 Å². The van der Waals surface area contributed by atoms with E-state index in [1.165, 1.54) is 29.1 Å². The van der Waals surface area contributed by atoms with E-state index in [0.29, 0.717) is 6.04 Å². The SMILES string of the molecule is CCSc1ccccc1NCc1cncn1C1CC1. The monoisotopic (exact) mass is 273 g/mol. The van der Waals surface area contributed by atoms with E-state index in [2.05, 4.69) is 46.1 Å². The van der Waals surface area contributed by atoms with Crippen LogP contribution in [0.3, 0.4) is 0 Å². The number of thioether (sulfide) groups is 1. The second-order valence-corrected chi connectivity index (χ2v) is 6.11. The summed E-state index contributed by atoms with van der Waals surface area (Å²) in [4.78, 5) is 5.59. The zero-order valence-electron chi connectivity index (χ0n) is 11.2. The van der Waals surface area contributed by atoms with Gasteiger partial charge in [0.05, 0.1) is 18.6 Å². The Morgan fingerprint density at radius 3 is 3.00 bits per heavy atom. The number of anilines is 1. The molecule has 1 aromatic carbocycles. The van der Waals surface area contributed by atoms with Crippen molar-refractivity contribution in [2.45, 2.75) is 37.2 Å². The molecule has 1 N–H and O–H groups in total. The van der Waals surface area contributed by atoms with E-state index in [0.717, 1.165) is 12.3 Å². The van der Waals surface area contributed by atoms with Crippen LogP contribution in [0.2, 0.25) is 0 Å². The molecule has 1 aliphatic rings. The Balaban J connectivity index is 1.70. The zero-order valence-corrected chi connectivity index (χ0v) is 12.0. The maximum Gasteiger partial charge on any atom is 0.0951 e. The van der Waals surface area contributed by atoms with Gasteiger partial charge in [0.2, 0.25) is 0 Å². The summed E-state index contributed by atoms with van der Waals surface area (Å²) in [5.41, 5.74) is 2.50. The van der Waals surface area contributed by atoms with Gasteiger partial charge in [0.25, 0.3) is 0 Å². The van der Waals surface area contributed by atoms with Gasteiger partial charge in [-0.15, -0.1) is 11.8 Å². The lowest BCUT2D eigenvalue weighted by Gasteiger charge is -2.12. The fraction of sp³-hybridized carbons (Fsp3) is 0.400. The lowest BCUT2D eigenvalue weighted by molar-refractivity contribution is 0.700. The summed E-state index contributed by atoms with van der Waals surface area (Å²) in [5, 5.41) is 3.54. The smallest absolute Gasteiger partial charge is 0.0951 e. The number of aromatic nitrogens is 2. The van der Waals surface area contributed by atoms with Crippen LogP contribution in [0.1, 0.15) is 31.5 Å². The number of nitrogens with one attached hydrogen (secondary N) is 1. The Labute approximate surface area is 118 Å². The van der Waals surface area contributed by atoms with E-state index in [4.69, 9.17) is 0 Å². The lowest BCUT2D eigenvalue weighted by Crippen LogP contribution is -2.06. The molecule has 4 heteroatoms. The van der Waals surface area contributed by atoms with Crippen LogP contribution in [0.15, 0.2) is 41.7 Å². The van der Waals surface area contributed by atoms with Gasteiger partial charge in [-0.25, -0.2) is 4.98 Å². The Hall–Kier alpha value is -1.42. The van der Waals surface area contributed by atoms with Gasteiger partial charge in [-0.3, -0.25) is 0 Å². The molecule has 0 saturated heterocycles. The summed E-state index contributed by atoms with van der Waals surface area (Å²) in [6, 6.07) is 9.20. The highest BCUT2D eigenvalue weighted by Crippen LogP contribution is 2.36. The van der Waals surface area contributed by atoms with E-state index in [1.807, 2.05) is 24.3 Å². The fourth-order valence-corrected chi connectivity index (χ4v) is 3.01. The highest BCUT2D eigenvalue weighted by Gasteiger charge is 2.24. The Morgan fingerprint density at radius 1 is 1.37 bits per heavy atom. The Bertz CT molecular complexity index is 546. The molecule has 3 nitrogen and oxygen atoms in total. The molecule has 3 rings (SSSR count). The molecular formula is C15H19N3S. The highest BCUT2D eigenvalue weighted by atomic mass is 32.2. The minimum Gasteiger partial charge on any atom is -0.379 e. The molecule has 1 aliphatic carbocycles. The molecule has 0 amide bonds. The zero-order chi connectivity index (χ0) is 13.1. The average molecular weight is 273 g/mol. The lowest BCUT2D eigenvalue weighted by atomic mass is 10.3. The van der Waals surface area contributed by atoms with Gasteiger partial charge in [0, 0.05) is 22.8 Å². The van der Waals surface area contributed by atoms with E-state index >= 15 is 0 Å². The summed E-state index contributed by atoms with van der Waals surface area (Å²) in [5.74, 6) is 1.10. The number of rotatable bonds is 6. The molecule has 1 saturated carbocycles. The second-order valence-electron chi connectivity index (χ2n) is 4.81. The predicted molar refractivity (Wildman–Crippen MR) is 80.7 cm³/mol. The van der Waals surface area contributed by atoms with Gasteiger partial charge < -0.3 is 9.88 Å². The van der Waals surface area contributed by atoms with Crippen molar-refractivity contribution in [3.8, 4) is 0 Å². The van der Waals surface area contributed by atoms with E-state index in [-0.39, 0.29) is 0 Å². The standard InChI is InChI=1S/C15H19N3S/c1-2-19-15-6-4-3-5-14(15)17-10-13-9-16-11-18(13)12-7-8-12/h3-6,9,11-12,17H,2,7-8,10H2,1H3. The molecule has 0 unspecified atom stereocenters. The molecule has 0 aliphatic heterocycles. The van der Waals surface area contributed by atoms with Gasteiger partial charge in [0.15, 0.2) is 0 Å². The maximum absolute atomic E-state index is 4.27. The summed E-state index contributed by atoms with van der Waals surface area (Å²) < 4.78 is 2.31. The third-order valence-corrected chi connectivity index (χ3v) is 4.29. The maximum atomic E-state index is 4.27. The van der Waals surface area contributed by atoms with Crippen LogP contribution >= 0.6 is 11.8 Å². The van der Waals surface area contributed by atoms with E-state index < -0.39 is 0 Å². The first kappa shape index (κ1) is 12.6. The number of para-hydroxylation sites is 1. The first-order chi connectivity index (χ1) is 9.38. The minimum atomic E-state index is 0.694. The van der Waals surface area contributed by atoms with Crippen molar-refractivity contribution in [1.29, 1.82) is 0 Å². The van der Waals surface area contributed by atoms with Gasteiger partial charge in [-0.2, -0.15) is 0 Å². The van der Waals surface area contributed by atoms with Gasteiger partial charge in [0.1, 0.15) is 0 Å². The molecule has 1 heterocycles. The van der Waals surface area contributed by atoms with Crippen LogP contribution in [0.4, 0.5) is 5.69 Å². The fourth-order valence-electron chi connectivity index (χ4n) is 2.23. The van der Waals surface area contributed by atoms with Crippen molar-refractivity contribution in [2.75, 3.05) is 11.1 Å². The summed E-state index contributed by atoms with van der Waals surface area (Å²) >= 11 is 1.88. The van der Waals surface area contributed by atoms with Crippen molar-refractivity contribution < 1.29 is 0 Å². The number of hydrogen-bond donors (Lipinski definition) is 1.